The third kappa shape index (κ3) is 3.03. The van der Waals surface area contributed by atoms with E-state index < -0.39 is 0 Å². The Bertz CT molecular complexity index is 409. The minimum absolute atomic E-state index is 0.138. The predicted octanol–water partition coefficient (Wildman–Crippen LogP) is 3.09. The lowest BCUT2D eigenvalue weighted by molar-refractivity contribution is -0.0279. The van der Waals surface area contributed by atoms with Crippen LogP contribution in [0.1, 0.15) is 19.5 Å². The van der Waals surface area contributed by atoms with Crippen LogP contribution in [0, 0.1) is 0 Å². The highest BCUT2D eigenvalue weighted by Crippen LogP contribution is 2.24. The number of aromatic nitrogens is 1. The minimum Gasteiger partial charge on any atom is -0.372 e. The van der Waals surface area contributed by atoms with Crippen LogP contribution >= 0.6 is 23.2 Å². The van der Waals surface area contributed by atoms with Crippen molar-refractivity contribution in [3.8, 4) is 0 Å². The van der Waals surface area contributed by atoms with E-state index >= 15 is 0 Å². The van der Waals surface area contributed by atoms with Gasteiger partial charge in [-0.05, 0) is 26.0 Å². The summed E-state index contributed by atoms with van der Waals surface area (Å²) in [5.41, 5.74) is 0.593. The summed E-state index contributed by atoms with van der Waals surface area (Å²) < 4.78 is 5.68. The second-order valence-electron chi connectivity index (χ2n) is 4.76. The zero-order valence-electron chi connectivity index (χ0n) is 10.0. The Kier molecular flexibility index (Phi) is 3.81. The number of anilines is 1. The van der Waals surface area contributed by atoms with Gasteiger partial charge in [0.15, 0.2) is 0 Å². The van der Waals surface area contributed by atoms with Crippen molar-refractivity contribution in [3.05, 3.63) is 22.8 Å². The van der Waals surface area contributed by atoms with E-state index in [9.17, 15) is 0 Å². The second-order valence-corrected chi connectivity index (χ2v) is 5.44. The molecule has 0 radical (unpaired) electrons. The third-order valence-electron chi connectivity index (χ3n) is 2.78. The molecular weight excluding hydrogens is 259 g/mol. The van der Waals surface area contributed by atoms with Gasteiger partial charge in [-0.15, -0.1) is 11.6 Å². The number of halogens is 2. The Morgan fingerprint density at radius 3 is 2.88 bits per heavy atom. The van der Waals surface area contributed by atoms with Crippen molar-refractivity contribution in [2.24, 2.45) is 0 Å². The molecular formula is C12H16Cl2N2O. The standard InChI is InChI=1S/C12H16Cl2N2O/c1-12(2)8-16(5-6-17-12)11-4-3-9(14)10(7-13)15-11/h3-4H,5-8H2,1-2H3. The molecule has 0 aliphatic carbocycles. The van der Waals surface area contributed by atoms with Gasteiger partial charge >= 0.3 is 0 Å². The maximum Gasteiger partial charge on any atom is 0.129 e. The molecule has 1 saturated heterocycles. The molecule has 17 heavy (non-hydrogen) atoms. The molecule has 0 spiro atoms. The van der Waals surface area contributed by atoms with Crippen LogP contribution in [0.3, 0.4) is 0 Å². The number of alkyl halides is 1. The van der Waals surface area contributed by atoms with Gasteiger partial charge in [0.2, 0.25) is 0 Å². The Hall–Kier alpha value is -0.510. The normalized spacial score (nSPS) is 19.4. The van der Waals surface area contributed by atoms with Crippen LogP contribution in [0.2, 0.25) is 5.02 Å². The molecule has 5 heteroatoms. The summed E-state index contributed by atoms with van der Waals surface area (Å²) in [6, 6.07) is 3.78. The Morgan fingerprint density at radius 1 is 1.47 bits per heavy atom. The van der Waals surface area contributed by atoms with Gasteiger partial charge in [0, 0.05) is 13.1 Å². The first-order valence-corrected chi connectivity index (χ1v) is 6.53. The number of hydrogen-bond donors (Lipinski definition) is 0. The molecule has 0 bridgehead atoms. The summed E-state index contributed by atoms with van der Waals surface area (Å²) in [4.78, 5) is 6.69. The molecule has 2 heterocycles. The molecule has 0 amide bonds. The predicted molar refractivity (Wildman–Crippen MR) is 71.0 cm³/mol. The fraction of sp³-hybridized carbons (Fsp3) is 0.583. The summed E-state index contributed by atoms with van der Waals surface area (Å²) in [6.07, 6.45) is 0. The first-order chi connectivity index (χ1) is 8.02. The topological polar surface area (TPSA) is 25.4 Å². The maximum atomic E-state index is 6.00. The zero-order valence-corrected chi connectivity index (χ0v) is 11.6. The summed E-state index contributed by atoms with van der Waals surface area (Å²) in [5.74, 6) is 1.25. The molecule has 0 N–H and O–H groups in total. The fourth-order valence-corrected chi connectivity index (χ4v) is 2.40. The van der Waals surface area contributed by atoms with Gasteiger partial charge in [0.1, 0.15) is 5.82 Å². The number of nitrogens with zero attached hydrogens (tertiary/aromatic N) is 2. The molecule has 0 saturated carbocycles. The largest absolute Gasteiger partial charge is 0.372 e. The third-order valence-corrected chi connectivity index (χ3v) is 3.38. The van der Waals surface area contributed by atoms with E-state index in [2.05, 4.69) is 23.7 Å². The van der Waals surface area contributed by atoms with Crippen molar-refractivity contribution >= 4 is 29.0 Å². The van der Waals surface area contributed by atoms with Crippen molar-refractivity contribution in [2.75, 3.05) is 24.6 Å². The second kappa shape index (κ2) is 5.01. The molecule has 3 nitrogen and oxygen atoms in total. The van der Waals surface area contributed by atoms with Crippen molar-refractivity contribution in [1.82, 2.24) is 4.98 Å². The summed E-state index contributed by atoms with van der Waals surface area (Å²) >= 11 is 11.8. The first-order valence-electron chi connectivity index (χ1n) is 5.62. The summed E-state index contributed by atoms with van der Waals surface area (Å²) in [5, 5.41) is 0.622. The molecule has 1 fully saturated rings. The van der Waals surface area contributed by atoms with Crippen molar-refractivity contribution < 1.29 is 4.74 Å². The smallest absolute Gasteiger partial charge is 0.129 e. The molecule has 0 unspecified atom stereocenters. The molecule has 94 valence electrons. The van der Waals surface area contributed by atoms with Crippen LogP contribution in [0.15, 0.2) is 12.1 Å². The van der Waals surface area contributed by atoms with E-state index in [0.717, 1.165) is 24.6 Å². The van der Waals surface area contributed by atoms with Crippen LogP contribution < -0.4 is 4.90 Å². The minimum atomic E-state index is -0.138. The lowest BCUT2D eigenvalue weighted by Gasteiger charge is -2.38. The van der Waals surface area contributed by atoms with E-state index in [1.807, 2.05) is 12.1 Å². The summed E-state index contributed by atoms with van der Waals surface area (Å²) in [7, 11) is 0. The number of hydrogen-bond acceptors (Lipinski definition) is 3. The van der Waals surface area contributed by atoms with Crippen LogP contribution in [0.5, 0.6) is 0 Å². The Balaban J connectivity index is 2.22. The quantitative estimate of drug-likeness (QED) is 0.775. The monoisotopic (exact) mass is 274 g/mol. The number of morpholine rings is 1. The van der Waals surface area contributed by atoms with E-state index in [-0.39, 0.29) is 5.60 Å². The van der Waals surface area contributed by atoms with Crippen LogP contribution in [0.25, 0.3) is 0 Å². The molecule has 1 aliphatic heterocycles. The number of pyridine rings is 1. The molecule has 0 atom stereocenters. The Labute approximate surface area is 112 Å². The summed E-state index contributed by atoms with van der Waals surface area (Å²) in [6.45, 7) is 6.55. The van der Waals surface area contributed by atoms with E-state index in [1.165, 1.54) is 0 Å². The highest BCUT2D eigenvalue weighted by atomic mass is 35.5. The highest BCUT2D eigenvalue weighted by molar-refractivity contribution is 6.32. The van der Waals surface area contributed by atoms with Crippen LogP contribution in [-0.4, -0.2) is 30.3 Å². The van der Waals surface area contributed by atoms with Gasteiger partial charge in [0.05, 0.1) is 28.8 Å². The van der Waals surface area contributed by atoms with Gasteiger partial charge in [-0.25, -0.2) is 4.98 Å². The maximum absolute atomic E-state index is 6.00. The Morgan fingerprint density at radius 2 is 2.24 bits per heavy atom. The van der Waals surface area contributed by atoms with Gasteiger partial charge in [-0.3, -0.25) is 0 Å². The van der Waals surface area contributed by atoms with E-state index in [0.29, 0.717) is 17.5 Å². The van der Waals surface area contributed by atoms with Gasteiger partial charge < -0.3 is 9.64 Å². The van der Waals surface area contributed by atoms with Crippen LogP contribution in [-0.2, 0) is 10.6 Å². The van der Waals surface area contributed by atoms with Crippen molar-refractivity contribution in [2.45, 2.75) is 25.3 Å². The van der Waals surface area contributed by atoms with Crippen molar-refractivity contribution in [3.63, 3.8) is 0 Å². The fourth-order valence-electron chi connectivity index (χ4n) is 1.95. The lowest BCUT2D eigenvalue weighted by Crippen LogP contribution is -2.48. The van der Waals surface area contributed by atoms with Crippen molar-refractivity contribution in [1.29, 1.82) is 0 Å². The SMILES string of the molecule is CC1(C)CN(c2ccc(Cl)c(CCl)n2)CCO1. The molecule has 1 aromatic heterocycles. The van der Waals surface area contributed by atoms with Gasteiger partial charge in [0.25, 0.3) is 0 Å². The van der Waals surface area contributed by atoms with Crippen LogP contribution in [0.4, 0.5) is 5.82 Å². The average Bonchev–Trinajstić information content (AvgIpc) is 2.28. The number of ether oxygens (including phenoxy) is 1. The van der Waals surface area contributed by atoms with E-state index in [1.54, 1.807) is 0 Å². The molecule has 1 aromatic rings. The van der Waals surface area contributed by atoms with Gasteiger partial charge in [-0.1, -0.05) is 11.6 Å². The molecule has 2 rings (SSSR count). The average molecular weight is 275 g/mol. The van der Waals surface area contributed by atoms with Gasteiger partial charge in [-0.2, -0.15) is 0 Å². The molecule has 1 aliphatic rings. The zero-order chi connectivity index (χ0) is 12.5. The highest BCUT2D eigenvalue weighted by Gasteiger charge is 2.28. The molecule has 0 aromatic carbocycles. The lowest BCUT2D eigenvalue weighted by atomic mass is 10.1. The van der Waals surface area contributed by atoms with E-state index in [4.69, 9.17) is 27.9 Å². The first kappa shape index (κ1) is 12.9. The number of rotatable bonds is 2.